The maximum absolute atomic E-state index is 12.5. The first-order valence-corrected chi connectivity index (χ1v) is 10.5. The molecule has 1 N–H and O–H groups in total. The molecule has 26 heavy (non-hydrogen) atoms. The van der Waals surface area contributed by atoms with Crippen LogP contribution in [0.1, 0.15) is 45.4 Å². The minimum atomic E-state index is -0.238. The lowest BCUT2D eigenvalue weighted by atomic mass is 9.49. The minimum absolute atomic E-state index is 0.144. The Morgan fingerprint density at radius 3 is 2.12 bits per heavy atom. The van der Waals surface area contributed by atoms with Crippen LogP contribution in [-0.4, -0.2) is 67.7 Å². The van der Waals surface area contributed by atoms with Crippen LogP contribution in [0.5, 0.6) is 0 Å². The van der Waals surface area contributed by atoms with E-state index in [1.165, 1.54) is 38.5 Å². The van der Waals surface area contributed by atoms with Gasteiger partial charge in [0.2, 0.25) is 5.91 Å². The lowest BCUT2D eigenvalue weighted by molar-refractivity contribution is -0.124. The van der Waals surface area contributed by atoms with Crippen LogP contribution in [0.2, 0.25) is 0 Å². The summed E-state index contributed by atoms with van der Waals surface area (Å²) in [7, 11) is 0. The molecule has 4 bridgehead atoms. The highest BCUT2D eigenvalue weighted by Crippen LogP contribution is 2.59. The summed E-state index contributed by atoms with van der Waals surface area (Å²) in [4.78, 5) is 28.1. The smallest absolute Gasteiger partial charge is 0.409 e. The fraction of sp³-hybridized carbons (Fsp3) is 0.900. The van der Waals surface area contributed by atoms with E-state index in [2.05, 4.69) is 10.2 Å². The molecule has 6 heteroatoms. The normalized spacial score (nSPS) is 36.2. The van der Waals surface area contributed by atoms with Gasteiger partial charge < -0.3 is 15.0 Å². The van der Waals surface area contributed by atoms with Gasteiger partial charge >= 0.3 is 6.09 Å². The molecule has 2 amide bonds. The van der Waals surface area contributed by atoms with E-state index in [-0.39, 0.29) is 12.0 Å². The number of hydrogen-bond acceptors (Lipinski definition) is 4. The van der Waals surface area contributed by atoms with Crippen molar-refractivity contribution in [2.24, 2.45) is 23.2 Å². The minimum Gasteiger partial charge on any atom is -0.450 e. The molecule has 1 heterocycles. The van der Waals surface area contributed by atoms with Crippen LogP contribution >= 0.6 is 0 Å². The number of hydrogen-bond donors (Lipinski definition) is 1. The topological polar surface area (TPSA) is 61.9 Å². The van der Waals surface area contributed by atoms with E-state index >= 15 is 0 Å². The van der Waals surface area contributed by atoms with E-state index in [4.69, 9.17) is 4.74 Å². The third-order valence-electron chi connectivity index (χ3n) is 7.09. The fourth-order valence-corrected chi connectivity index (χ4v) is 6.35. The molecule has 5 fully saturated rings. The number of carbonyl (C=O) groups excluding carboxylic acids is 2. The number of nitrogens with one attached hydrogen (secondary N) is 1. The monoisotopic (exact) mass is 363 g/mol. The van der Waals surface area contributed by atoms with Crippen LogP contribution in [-0.2, 0) is 9.53 Å². The van der Waals surface area contributed by atoms with E-state index in [0.717, 1.165) is 37.4 Å². The highest BCUT2D eigenvalue weighted by atomic mass is 16.6. The number of amides is 2. The number of rotatable bonds is 5. The van der Waals surface area contributed by atoms with Gasteiger partial charge in [-0.2, -0.15) is 0 Å². The van der Waals surface area contributed by atoms with Gasteiger partial charge in [0.1, 0.15) is 0 Å². The molecule has 5 aliphatic rings. The molecule has 1 saturated heterocycles. The largest absolute Gasteiger partial charge is 0.450 e. The van der Waals surface area contributed by atoms with Crippen LogP contribution in [0.25, 0.3) is 0 Å². The molecule has 0 aromatic rings. The first-order valence-electron chi connectivity index (χ1n) is 10.5. The predicted molar refractivity (Wildman–Crippen MR) is 98.6 cm³/mol. The molecule has 146 valence electrons. The number of carbonyl (C=O) groups is 2. The molecule has 5 rings (SSSR count). The average Bonchev–Trinajstić information content (AvgIpc) is 2.60. The Morgan fingerprint density at radius 2 is 1.58 bits per heavy atom. The Balaban J connectivity index is 1.20. The van der Waals surface area contributed by atoms with Crippen molar-refractivity contribution >= 4 is 12.0 Å². The first-order chi connectivity index (χ1) is 12.5. The van der Waals surface area contributed by atoms with Crippen LogP contribution in [0.15, 0.2) is 0 Å². The second-order valence-corrected chi connectivity index (χ2v) is 9.16. The summed E-state index contributed by atoms with van der Waals surface area (Å²) in [5, 5.41) is 3.26. The van der Waals surface area contributed by atoms with Gasteiger partial charge in [0.05, 0.1) is 13.2 Å². The van der Waals surface area contributed by atoms with Gasteiger partial charge in [-0.25, -0.2) is 4.79 Å². The van der Waals surface area contributed by atoms with Crippen molar-refractivity contribution in [1.29, 1.82) is 0 Å². The van der Waals surface area contributed by atoms with Crippen molar-refractivity contribution in [3.05, 3.63) is 0 Å². The van der Waals surface area contributed by atoms with E-state index < -0.39 is 0 Å². The molecule has 0 atom stereocenters. The molecular formula is C20H33N3O3. The summed E-state index contributed by atoms with van der Waals surface area (Å²) < 4.78 is 5.04. The van der Waals surface area contributed by atoms with Crippen molar-refractivity contribution in [2.75, 3.05) is 45.9 Å². The highest BCUT2D eigenvalue weighted by Gasteiger charge is 2.50. The van der Waals surface area contributed by atoms with Crippen LogP contribution in [0.4, 0.5) is 4.79 Å². The van der Waals surface area contributed by atoms with Gasteiger partial charge in [-0.3, -0.25) is 9.69 Å². The Kier molecular flexibility index (Phi) is 5.13. The van der Waals surface area contributed by atoms with Gasteiger partial charge in [0, 0.05) is 32.7 Å². The fourth-order valence-electron chi connectivity index (χ4n) is 6.35. The quantitative estimate of drug-likeness (QED) is 0.812. The van der Waals surface area contributed by atoms with E-state index in [1.54, 1.807) is 4.90 Å². The second kappa shape index (κ2) is 7.37. The van der Waals surface area contributed by atoms with E-state index in [1.807, 2.05) is 6.92 Å². The molecule has 4 aliphatic carbocycles. The van der Waals surface area contributed by atoms with Gasteiger partial charge in [0.15, 0.2) is 0 Å². The van der Waals surface area contributed by atoms with Gasteiger partial charge in [-0.1, -0.05) is 0 Å². The third-order valence-corrected chi connectivity index (χ3v) is 7.09. The maximum atomic E-state index is 12.5. The lowest BCUT2D eigenvalue weighted by Crippen LogP contribution is -2.54. The van der Waals surface area contributed by atoms with E-state index in [9.17, 15) is 9.59 Å². The lowest BCUT2D eigenvalue weighted by Gasteiger charge is -2.57. The zero-order chi connectivity index (χ0) is 18.1. The molecule has 4 saturated carbocycles. The summed E-state index contributed by atoms with van der Waals surface area (Å²) in [5.74, 6) is 2.92. The first kappa shape index (κ1) is 18.1. The predicted octanol–water partition coefficient (Wildman–Crippen LogP) is 2.09. The summed E-state index contributed by atoms with van der Waals surface area (Å²) in [6, 6.07) is 0. The Morgan fingerprint density at radius 1 is 1.00 bits per heavy atom. The van der Waals surface area contributed by atoms with Crippen molar-refractivity contribution in [1.82, 2.24) is 15.1 Å². The standard InChI is InChI=1S/C20H33N3O3/c1-2-26-19(25)23-5-3-22(4-6-23)13-18(24)21-14-20-10-15-7-16(11-20)9-17(8-15)12-20/h15-17H,2-14H2,1H3,(H,21,24). The molecule has 6 nitrogen and oxygen atoms in total. The number of ether oxygens (including phenoxy) is 1. The van der Waals surface area contributed by atoms with Crippen molar-refractivity contribution < 1.29 is 14.3 Å². The Labute approximate surface area is 156 Å². The summed E-state index contributed by atoms with van der Waals surface area (Å²) >= 11 is 0. The average molecular weight is 364 g/mol. The molecular weight excluding hydrogens is 330 g/mol. The Bertz CT molecular complexity index is 507. The summed E-state index contributed by atoms with van der Waals surface area (Å²) in [5.41, 5.74) is 0.396. The number of piperazine rings is 1. The van der Waals surface area contributed by atoms with Crippen molar-refractivity contribution in [2.45, 2.75) is 45.4 Å². The van der Waals surface area contributed by atoms with Crippen LogP contribution in [0, 0.1) is 23.2 Å². The molecule has 0 aromatic heterocycles. The zero-order valence-electron chi connectivity index (χ0n) is 16.0. The Hall–Kier alpha value is -1.30. The van der Waals surface area contributed by atoms with Gasteiger partial charge in [0.25, 0.3) is 0 Å². The highest BCUT2D eigenvalue weighted by molar-refractivity contribution is 5.78. The maximum Gasteiger partial charge on any atom is 0.409 e. The SMILES string of the molecule is CCOC(=O)N1CCN(CC(=O)NCC23CC4CC(CC(C4)C2)C3)CC1. The van der Waals surface area contributed by atoms with Gasteiger partial charge in [-0.05, 0) is 68.6 Å². The summed E-state index contributed by atoms with van der Waals surface area (Å²) in [6.07, 6.45) is 8.08. The van der Waals surface area contributed by atoms with Crippen LogP contribution in [0.3, 0.4) is 0 Å². The third kappa shape index (κ3) is 3.85. The molecule has 1 aliphatic heterocycles. The van der Waals surface area contributed by atoms with Crippen molar-refractivity contribution in [3.8, 4) is 0 Å². The second-order valence-electron chi connectivity index (χ2n) is 9.16. The molecule has 0 aromatic carbocycles. The van der Waals surface area contributed by atoms with Crippen molar-refractivity contribution in [3.63, 3.8) is 0 Å². The summed E-state index contributed by atoms with van der Waals surface area (Å²) in [6.45, 7) is 6.31. The van der Waals surface area contributed by atoms with Gasteiger partial charge in [-0.15, -0.1) is 0 Å². The number of nitrogens with zero attached hydrogens (tertiary/aromatic N) is 2. The van der Waals surface area contributed by atoms with E-state index in [0.29, 0.717) is 31.7 Å². The molecule has 0 unspecified atom stereocenters. The molecule has 0 spiro atoms. The van der Waals surface area contributed by atoms with Crippen LogP contribution < -0.4 is 5.32 Å². The zero-order valence-corrected chi connectivity index (χ0v) is 16.0. The molecule has 0 radical (unpaired) electrons.